The van der Waals surface area contributed by atoms with E-state index >= 15 is 0 Å². The third-order valence-electron chi connectivity index (χ3n) is 2.16. The number of hydrogen-bond donors (Lipinski definition) is 3. The Hall–Kier alpha value is -1.35. The largest absolute Gasteiger partial charge is 0.481 e. The van der Waals surface area contributed by atoms with E-state index in [0.29, 0.717) is 6.42 Å². The first kappa shape index (κ1) is 17.6. The summed E-state index contributed by atoms with van der Waals surface area (Å²) in [5.41, 5.74) is 0. The molecule has 0 heterocycles. The monoisotopic (exact) mass is 296 g/mol. The Labute approximate surface area is 112 Å². The van der Waals surface area contributed by atoms with Gasteiger partial charge < -0.3 is 9.84 Å². The molecule has 1 atom stereocenters. The fourth-order valence-corrected chi connectivity index (χ4v) is 2.01. The lowest BCUT2D eigenvalue weighted by Crippen LogP contribution is -2.43. The molecule has 0 spiro atoms. The van der Waals surface area contributed by atoms with Crippen LogP contribution in [0.15, 0.2) is 0 Å². The van der Waals surface area contributed by atoms with Crippen LogP contribution in [0.4, 0.5) is 4.79 Å². The van der Waals surface area contributed by atoms with Crippen molar-refractivity contribution >= 4 is 22.3 Å². The first-order valence-electron chi connectivity index (χ1n) is 5.86. The Kier molecular flexibility index (Phi) is 7.38. The number of carbonyl (C=O) groups excluding carboxylic acids is 1. The van der Waals surface area contributed by atoms with Gasteiger partial charge in [-0.05, 0) is 19.8 Å². The van der Waals surface area contributed by atoms with E-state index in [2.05, 4.69) is 9.46 Å². The fourth-order valence-electron chi connectivity index (χ4n) is 1.22. The first-order valence-corrected chi connectivity index (χ1v) is 7.34. The summed E-state index contributed by atoms with van der Waals surface area (Å²) in [6, 6.07) is 0. The van der Waals surface area contributed by atoms with Crippen LogP contribution >= 0.6 is 0 Å². The van der Waals surface area contributed by atoms with Crippen LogP contribution in [0.2, 0.25) is 0 Å². The van der Waals surface area contributed by atoms with Gasteiger partial charge in [0.25, 0.3) is 0 Å². The van der Waals surface area contributed by atoms with E-state index in [4.69, 9.17) is 5.11 Å². The number of aliphatic carboxylic acids is 1. The highest BCUT2D eigenvalue weighted by molar-refractivity contribution is 7.88. The molecule has 8 nitrogen and oxygen atoms in total. The summed E-state index contributed by atoms with van der Waals surface area (Å²) >= 11 is 0. The van der Waals surface area contributed by atoms with Gasteiger partial charge in [0, 0.05) is 13.0 Å². The maximum Gasteiger partial charge on any atom is 0.422 e. The van der Waals surface area contributed by atoms with Gasteiger partial charge in [0.1, 0.15) is 0 Å². The highest BCUT2D eigenvalue weighted by Crippen LogP contribution is 2.06. The van der Waals surface area contributed by atoms with Crippen LogP contribution in [0.1, 0.15) is 33.6 Å². The molecule has 0 saturated carbocycles. The molecular formula is C10H20N2O6S. The van der Waals surface area contributed by atoms with Gasteiger partial charge >= 0.3 is 22.3 Å². The van der Waals surface area contributed by atoms with Crippen LogP contribution < -0.4 is 9.44 Å². The van der Waals surface area contributed by atoms with Crippen molar-refractivity contribution in [2.75, 3.05) is 6.54 Å². The van der Waals surface area contributed by atoms with Crippen molar-refractivity contribution in [3.63, 3.8) is 0 Å². The first-order chi connectivity index (χ1) is 8.66. The molecule has 0 bridgehead atoms. The number of nitrogens with one attached hydrogen (secondary N) is 2. The lowest BCUT2D eigenvalue weighted by molar-refractivity contribution is -0.138. The quantitative estimate of drug-likeness (QED) is 0.598. The van der Waals surface area contributed by atoms with E-state index < -0.39 is 28.4 Å². The Morgan fingerprint density at radius 1 is 1.32 bits per heavy atom. The molecule has 0 rings (SSSR count). The molecule has 3 N–H and O–H groups in total. The van der Waals surface area contributed by atoms with Gasteiger partial charge in [0.2, 0.25) is 0 Å². The number of ether oxygens (including phenoxy) is 1. The molecule has 0 aliphatic carbocycles. The summed E-state index contributed by atoms with van der Waals surface area (Å²) in [4.78, 5) is 21.6. The van der Waals surface area contributed by atoms with E-state index in [-0.39, 0.29) is 18.9 Å². The number of amides is 1. The van der Waals surface area contributed by atoms with Gasteiger partial charge in [0.05, 0.1) is 6.10 Å². The molecule has 19 heavy (non-hydrogen) atoms. The molecule has 112 valence electrons. The highest BCUT2D eigenvalue weighted by Gasteiger charge is 2.19. The zero-order valence-electron chi connectivity index (χ0n) is 11.2. The second-order valence-corrected chi connectivity index (χ2v) is 5.78. The second-order valence-electron chi connectivity index (χ2n) is 4.28. The minimum absolute atomic E-state index is 0.0624. The Balaban J connectivity index is 4.29. The van der Waals surface area contributed by atoms with Gasteiger partial charge in [-0.25, -0.2) is 9.52 Å². The fraction of sp³-hybridized carbons (Fsp3) is 0.800. The van der Waals surface area contributed by atoms with Gasteiger partial charge in [-0.3, -0.25) is 4.79 Å². The number of carboxylic acid groups (broad SMARTS) is 1. The number of carboxylic acids is 1. The summed E-state index contributed by atoms with van der Waals surface area (Å²) in [6.07, 6.45) is -1.15. The van der Waals surface area contributed by atoms with Crippen LogP contribution in [0.3, 0.4) is 0 Å². The minimum atomic E-state index is -4.03. The summed E-state index contributed by atoms with van der Waals surface area (Å²) < 4.78 is 31.3. The van der Waals surface area contributed by atoms with Crippen molar-refractivity contribution < 1.29 is 27.9 Å². The predicted molar refractivity (Wildman–Crippen MR) is 67.7 cm³/mol. The zero-order valence-corrected chi connectivity index (χ0v) is 12.0. The molecule has 0 radical (unpaired) electrons. The molecule has 0 aromatic carbocycles. The van der Waals surface area contributed by atoms with Crippen molar-refractivity contribution in [3.05, 3.63) is 0 Å². The number of carbonyl (C=O) groups is 2. The van der Waals surface area contributed by atoms with E-state index in [0.717, 1.165) is 0 Å². The molecule has 9 heteroatoms. The van der Waals surface area contributed by atoms with Gasteiger partial charge in [-0.1, -0.05) is 13.3 Å². The number of rotatable bonds is 8. The summed E-state index contributed by atoms with van der Waals surface area (Å²) in [5, 5.41) is 8.62. The van der Waals surface area contributed by atoms with Crippen LogP contribution in [0.5, 0.6) is 0 Å². The predicted octanol–water partition coefficient (Wildman–Crippen LogP) is 0.456. The van der Waals surface area contributed by atoms with Crippen molar-refractivity contribution in [1.82, 2.24) is 9.44 Å². The summed E-state index contributed by atoms with van der Waals surface area (Å²) in [5.74, 6) is -1.34. The lowest BCUT2D eigenvalue weighted by Gasteiger charge is -2.14. The normalized spacial score (nSPS) is 13.1. The molecule has 1 amide bonds. The van der Waals surface area contributed by atoms with E-state index in [1.807, 2.05) is 0 Å². The molecule has 0 aromatic rings. The average Bonchev–Trinajstić information content (AvgIpc) is 2.21. The maximum atomic E-state index is 11.5. The maximum absolute atomic E-state index is 11.5. The Bertz CT molecular complexity index is 406. The van der Waals surface area contributed by atoms with E-state index in [1.54, 1.807) is 25.5 Å². The third-order valence-corrected chi connectivity index (χ3v) is 3.15. The van der Waals surface area contributed by atoms with Gasteiger partial charge in [0.15, 0.2) is 0 Å². The lowest BCUT2D eigenvalue weighted by atomic mass is 10.0. The topological polar surface area (TPSA) is 122 Å². The summed E-state index contributed by atoms with van der Waals surface area (Å²) in [6.45, 7) is 4.86. The van der Waals surface area contributed by atoms with E-state index in [1.165, 1.54) is 0 Å². The highest BCUT2D eigenvalue weighted by atomic mass is 32.2. The third kappa shape index (κ3) is 9.25. The molecule has 0 aliphatic rings. The Morgan fingerprint density at radius 2 is 1.89 bits per heavy atom. The van der Waals surface area contributed by atoms with Crippen molar-refractivity contribution in [2.24, 2.45) is 5.92 Å². The molecular weight excluding hydrogens is 276 g/mol. The zero-order chi connectivity index (χ0) is 15.1. The smallest absolute Gasteiger partial charge is 0.422 e. The van der Waals surface area contributed by atoms with Crippen LogP contribution in [0, 0.1) is 5.92 Å². The van der Waals surface area contributed by atoms with Gasteiger partial charge in [-0.15, -0.1) is 0 Å². The molecule has 0 aliphatic heterocycles. The van der Waals surface area contributed by atoms with Crippen LogP contribution in [-0.2, 0) is 19.7 Å². The SMILES string of the molecule is CCC(CNS(=O)(=O)NC(=O)OC(C)C)CC(=O)O. The minimum Gasteiger partial charge on any atom is -0.481 e. The van der Waals surface area contributed by atoms with Crippen molar-refractivity contribution in [2.45, 2.75) is 39.7 Å². The number of hydrogen-bond acceptors (Lipinski definition) is 5. The summed E-state index contributed by atoms with van der Waals surface area (Å²) in [7, 11) is -4.03. The van der Waals surface area contributed by atoms with Gasteiger partial charge in [-0.2, -0.15) is 13.1 Å². The molecule has 1 unspecified atom stereocenters. The van der Waals surface area contributed by atoms with Crippen LogP contribution in [0.25, 0.3) is 0 Å². The van der Waals surface area contributed by atoms with Crippen molar-refractivity contribution in [1.29, 1.82) is 0 Å². The molecule has 0 aromatic heterocycles. The average molecular weight is 296 g/mol. The Morgan fingerprint density at radius 3 is 2.32 bits per heavy atom. The van der Waals surface area contributed by atoms with E-state index in [9.17, 15) is 18.0 Å². The molecule has 0 saturated heterocycles. The second kappa shape index (κ2) is 7.95. The van der Waals surface area contributed by atoms with Crippen molar-refractivity contribution in [3.8, 4) is 0 Å². The van der Waals surface area contributed by atoms with Crippen LogP contribution in [-0.4, -0.2) is 38.2 Å². The standard InChI is InChI=1S/C10H20N2O6S/c1-4-8(5-9(13)14)6-11-19(16,17)12-10(15)18-7(2)3/h7-8,11H,4-6H2,1-3H3,(H,12,15)(H,13,14). The molecule has 0 fully saturated rings.